The normalized spacial score (nSPS) is 16.1. The molecule has 0 aliphatic carbocycles. The first-order valence-corrected chi connectivity index (χ1v) is 6.86. The van der Waals surface area contributed by atoms with Crippen molar-refractivity contribution in [3.63, 3.8) is 0 Å². The van der Waals surface area contributed by atoms with Gasteiger partial charge >= 0.3 is 0 Å². The van der Waals surface area contributed by atoms with Gasteiger partial charge in [0.05, 0.1) is 17.6 Å². The molecule has 1 aromatic carbocycles. The highest BCUT2D eigenvalue weighted by Crippen LogP contribution is 2.27. The van der Waals surface area contributed by atoms with Crippen molar-refractivity contribution in [3.8, 4) is 5.75 Å². The number of nitrogens with zero attached hydrogens (tertiary/aromatic N) is 1. The first kappa shape index (κ1) is 14.7. The Morgan fingerprint density at radius 1 is 1.45 bits per heavy atom. The minimum absolute atomic E-state index is 0.0991. The largest absolute Gasteiger partial charge is 0.490 e. The van der Waals surface area contributed by atoms with Gasteiger partial charge in [0.15, 0.2) is 11.6 Å². The van der Waals surface area contributed by atoms with Gasteiger partial charge in [-0.15, -0.1) is 0 Å². The van der Waals surface area contributed by atoms with E-state index in [0.717, 1.165) is 38.4 Å². The lowest BCUT2D eigenvalue weighted by Crippen LogP contribution is -2.28. The maximum atomic E-state index is 13.7. The van der Waals surface area contributed by atoms with Crippen LogP contribution in [0.3, 0.4) is 0 Å². The van der Waals surface area contributed by atoms with E-state index in [9.17, 15) is 14.5 Å². The molecule has 0 saturated carbocycles. The van der Waals surface area contributed by atoms with Crippen molar-refractivity contribution in [2.24, 2.45) is 5.92 Å². The van der Waals surface area contributed by atoms with E-state index in [1.807, 2.05) is 0 Å². The molecule has 2 rings (SSSR count). The molecule has 5 nitrogen and oxygen atoms in total. The van der Waals surface area contributed by atoms with E-state index in [1.54, 1.807) is 6.92 Å². The molecule has 1 aliphatic heterocycles. The number of nitro benzene ring substituents is 1. The molecule has 0 unspecified atom stereocenters. The van der Waals surface area contributed by atoms with Gasteiger partial charge in [-0.1, -0.05) is 0 Å². The third-order valence-electron chi connectivity index (χ3n) is 3.69. The molecule has 1 aliphatic rings. The van der Waals surface area contributed by atoms with Crippen molar-refractivity contribution in [3.05, 3.63) is 33.6 Å². The van der Waals surface area contributed by atoms with Gasteiger partial charge in [0.25, 0.3) is 5.69 Å². The van der Waals surface area contributed by atoms with E-state index in [0.29, 0.717) is 18.1 Å². The number of piperidine rings is 1. The predicted octanol–water partition coefficient (Wildman–Crippen LogP) is 2.81. The SMILES string of the molecule is Cc1cc(OCCC2CCNCC2)c(F)cc1[N+](=O)[O-]. The number of nitro groups is 1. The van der Waals surface area contributed by atoms with Crippen molar-refractivity contribution in [2.45, 2.75) is 26.2 Å². The number of hydrogen-bond donors (Lipinski definition) is 1. The van der Waals surface area contributed by atoms with Crippen LogP contribution in [0.25, 0.3) is 0 Å². The Kier molecular flexibility index (Phi) is 4.89. The average Bonchev–Trinajstić information content (AvgIpc) is 2.43. The average molecular weight is 282 g/mol. The van der Waals surface area contributed by atoms with Crippen LogP contribution in [0.5, 0.6) is 5.75 Å². The van der Waals surface area contributed by atoms with Gasteiger partial charge in [-0.3, -0.25) is 10.1 Å². The second-order valence-electron chi connectivity index (χ2n) is 5.16. The lowest BCUT2D eigenvalue weighted by Gasteiger charge is -2.22. The minimum atomic E-state index is -0.674. The molecular weight excluding hydrogens is 263 g/mol. The highest BCUT2D eigenvalue weighted by Gasteiger charge is 2.17. The standard InChI is InChI=1S/C14H19FN2O3/c1-10-8-14(12(15)9-13(10)17(18)19)20-7-4-11-2-5-16-6-3-11/h8-9,11,16H,2-7H2,1H3. The third kappa shape index (κ3) is 3.66. The number of halogens is 1. The van der Waals surface area contributed by atoms with Crippen LogP contribution in [-0.4, -0.2) is 24.6 Å². The van der Waals surface area contributed by atoms with Crippen molar-refractivity contribution in [1.29, 1.82) is 0 Å². The fourth-order valence-electron chi connectivity index (χ4n) is 2.46. The van der Waals surface area contributed by atoms with Gasteiger partial charge in [0.1, 0.15) is 0 Å². The van der Waals surface area contributed by atoms with Gasteiger partial charge in [0, 0.05) is 5.56 Å². The Bertz CT molecular complexity index is 488. The summed E-state index contributed by atoms with van der Waals surface area (Å²) in [5.74, 6) is 0.0353. The second kappa shape index (κ2) is 6.65. The van der Waals surface area contributed by atoms with Crippen LogP contribution >= 0.6 is 0 Å². The quantitative estimate of drug-likeness (QED) is 0.666. The highest BCUT2D eigenvalue weighted by atomic mass is 19.1. The summed E-state index contributed by atoms with van der Waals surface area (Å²) >= 11 is 0. The van der Waals surface area contributed by atoms with Crippen molar-refractivity contribution in [1.82, 2.24) is 5.32 Å². The van der Waals surface area contributed by atoms with Crippen LogP contribution in [-0.2, 0) is 0 Å². The summed E-state index contributed by atoms with van der Waals surface area (Å²) in [6, 6.07) is 2.32. The highest BCUT2D eigenvalue weighted by molar-refractivity contribution is 5.45. The lowest BCUT2D eigenvalue weighted by atomic mass is 9.95. The fraction of sp³-hybridized carbons (Fsp3) is 0.571. The zero-order valence-corrected chi connectivity index (χ0v) is 11.5. The van der Waals surface area contributed by atoms with Crippen LogP contribution < -0.4 is 10.1 Å². The van der Waals surface area contributed by atoms with Crippen molar-refractivity contribution >= 4 is 5.69 Å². The number of aryl methyl sites for hydroxylation is 1. The van der Waals surface area contributed by atoms with Crippen LogP contribution in [0.15, 0.2) is 12.1 Å². The van der Waals surface area contributed by atoms with Gasteiger partial charge < -0.3 is 10.1 Å². The van der Waals surface area contributed by atoms with Gasteiger partial charge in [-0.05, 0) is 51.3 Å². The van der Waals surface area contributed by atoms with Gasteiger partial charge in [-0.2, -0.15) is 0 Å². The molecule has 0 amide bonds. The van der Waals surface area contributed by atoms with E-state index in [1.165, 1.54) is 6.07 Å². The van der Waals surface area contributed by atoms with E-state index in [-0.39, 0.29) is 11.4 Å². The molecule has 1 fully saturated rings. The summed E-state index contributed by atoms with van der Waals surface area (Å²) in [7, 11) is 0. The van der Waals surface area contributed by atoms with Crippen LogP contribution in [0.1, 0.15) is 24.8 Å². The van der Waals surface area contributed by atoms with Crippen LogP contribution in [0, 0.1) is 28.8 Å². The maximum absolute atomic E-state index is 13.7. The van der Waals surface area contributed by atoms with Crippen molar-refractivity contribution < 1.29 is 14.1 Å². The summed E-state index contributed by atoms with van der Waals surface area (Å²) in [5.41, 5.74) is 0.196. The summed E-state index contributed by atoms with van der Waals surface area (Å²) in [6.45, 7) is 4.07. The van der Waals surface area contributed by atoms with Gasteiger partial charge in [0.2, 0.25) is 0 Å². The Morgan fingerprint density at radius 3 is 2.80 bits per heavy atom. The molecule has 0 spiro atoms. The zero-order chi connectivity index (χ0) is 14.5. The molecule has 1 heterocycles. The van der Waals surface area contributed by atoms with E-state index in [2.05, 4.69) is 5.32 Å². The molecule has 6 heteroatoms. The minimum Gasteiger partial charge on any atom is -0.490 e. The fourth-order valence-corrected chi connectivity index (χ4v) is 2.46. The molecular formula is C14H19FN2O3. The van der Waals surface area contributed by atoms with Crippen molar-refractivity contribution in [2.75, 3.05) is 19.7 Å². The predicted molar refractivity (Wildman–Crippen MR) is 73.5 cm³/mol. The molecule has 20 heavy (non-hydrogen) atoms. The summed E-state index contributed by atoms with van der Waals surface area (Å²) in [4.78, 5) is 10.1. The van der Waals surface area contributed by atoms with Crippen LogP contribution in [0.2, 0.25) is 0 Å². The molecule has 0 radical (unpaired) electrons. The first-order chi connectivity index (χ1) is 9.58. The molecule has 0 atom stereocenters. The summed E-state index contributed by atoms with van der Waals surface area (Å²) < 4.78 is 19.2. The number of nitrogens with one attached hydrogen (secondary N) is 1. The Hall–Kier alpha value is -1.69. The maximum Gasteiger partial charge on any atom is 0.275 e. The third-order valence-corrected chi connectivity index (χ3v) is 3.69. The van der Waals surface area contributed by atoms with E-state index in [4.69, 9.17) is 4.74 Å². The molecule has 0 bridgehead atoms. The molecule has 1 aromatic rings. The number of benzene rings is 1. The van der Waals surface area contributed by atoms with E-state index < -0.39 is 10.7 Å². The van der Waals surface area contributed by atoms with Crippen LogP contribution in [0.4, 0.5) is 10.1 Å². The summed E-state index contributed by atoms with van der Waals surface area (Å²) in [6.07, 6.45) is 3.12. The topological polar surface area (TPSA) is 64.4 Å². The number of rotatable bonds is 5. The monoisotopic (exact) mass is 282 g/mol. The Balaban J connectivity index is 1.92. The zero-order valence-electron chi connectivity index (χ0n) is 11.5. The molecule has 1 saturated heterocycles. The lowest BCUT2D eigenvalue weighted by molar-refractivity contribution is -0.385. The van der Waals surface area contributed by atoms with E-state index >= 15 is 0 Å². The Labute approximate surface area is 117 Å². The Morgan fingerprint density at radius 2 is 2.15 bits per heavy atom. The molecule has 1 N–H and O–H groups in total. The number of ether oxygens (including phenoxy) is 1. The van der Waals surface area contributed by atoms with Gasteiger partial charge in [-0.25, -0.2) is 4.39 Å². The molecule has 110 valence electrons. The second-order valence-corrected chi connectivity index (χ2v) is 5.16. The smallest absolute Gasteiger partial charge is 0.275 e. The molecule has 0 aromatic heterocycles. The first-order valence-electron chi connectivity index (χ1n) is 6.86. The summed E-state index contributed by atoms with van der Waals surface area (Å²) in [5, 5.41) is 14.0. The number of hydrogen-bond acceptors (Lipinski definition) is 4.